The molecule has 1 aliphatic rings. The molecule has 0 saturated carbocycles. The zero-order valence-corrected chi connectivity index (χ0v) is 18.3. The van der Waals surface area contributed by atoms with E-state index in [1.807, 2.05) is 61.5 Å². The summed E-state index contributed by atoms with van der Waals surface area (Å²) >= 11 is 0. The number of hydrogen-bond acceptors (Lipinski definition) is 3. The summed E-state index contributed by atoms with van der Waals surface area (Å²) in [6.07, 6.45) is -3.96. The van der Waals surface area contributed by atoms with Gasteiger partial charge in [-0.05, 0) is 60.9 Å². The summed E-state index contributed by atoms with van der Waals surface area (Å²) in [5, 5.41) is 3.41. The molecule has 1 amide bonds. The van der Waals surface area contributed by atoms with Gasteiger partial charge in [-0.15, -0.1) is 0 Å². The lowest BCUT2D eigenvalue weighted by Gasteiger charge is -2.26. The first-order valence-electron chi connectivity index (χ1n) is 10.7. The van der Waals surface area contributed by atoms with Gasteiger partial charge in [0.2, 0.25) is 5.91 Å². The van der Waals surface area contributed by atoms with E-state index in [0.717, 1.165) is 23.3 Å². The second-order valence-electron chi connectivity index (χ2n) is 8.13. The van der Waals surface area contributed by atoms with Gasteiger partial charge >= 0.3 is 6.18 Å². The van der Waals surface area contributed by atoms with Gasteiger partial charge in [0.25, 0.3) is 0 Å². The lowest BCUT2D eigenvalue weighted by Crippen LogP contribution is -2.39. The molecule has 3 atom stereocenters. The van der Waals surface area contributed by atoms with E-state index in [1.54, 1.807) is 12.0 Å². The molecule has 1 fully saturated rings. The van der Waals surface area contributed by atoms with Crippen molar-refractivity contribution in [1.82, 2.24) is 5.32 Å². The van der Waals surface area contributed by atoms with Crippen molar-refractivity contribution in [3.05, 3.63) is 95.6 Å². The van der Waals surface area contributed by atoms with Crippen molar-refractivity contribution < 1.29 is 22.7 Å². The van der Waals surface area contributed by atoms with Crippen LogP contribution in [0.2, 0.25) is 0 Å². The van der Waals surface area contributed by atoms with Gasteiger partial charge in [-0.25, -0.2) is 0 Å². The molecular weight excluding hydrogens is 429 g/mol. The van der Waals surface area contributed by atoms with Crippen LogP contribution >= 0.6 is 0 Å². The van der Waals surface area contributed by atoms with Crippen LogP contribution in [0.25, 0.3) is 0 Å². The van der Waals surface area contributed by atoms with Crippen molar-refractivity contribution in [2.75, 3.05) is 12.0 Å². The first-order chi connectivity index (χ1) is 15.8. The van der Waals surface area contributed by atoms with E-state index in [2.05, 4.69) is 5.32 Å². The SMILES string of the molecule is COc1cccc([C@H]2C[C@@H](N[C@H](C)c3ccccc3)C(=O)N2c2ccc(C(F)(F)F)cc2)c1. The highest BCUT2D eigenvalue weighted by Gasteiger charge is 2.42. The Balaban J connectivity index is 1.67. The van der Waals surface area contributed by atoms with E-state index < -0.39 is 17.8 Å². The number of methoxy groups -OCH3 is 1. The largest absolute Gasteiger partial charge is 0.497 e. The molecule has 1 heterocycles. The summed E-state index contributed by atoms with van der Waals surface area (Å²) in [5.74, 6) is 0.478. The summed E-state index contributed by atoms with van der Waals surface area (Å²) in [4.78, 5) is 15.1. The third-order valence-corrected chi connectivity index (χ3v) is 6.01. The van der Waals surface area contributed by atoms with Crippen molar-refractivity contribution in [1.29, 1.82) is 0 Å². The number of carbonyl (C=O) groups is 1. The van der Waals surface area contributed by atoms with Gasteiger partial charge in [-0.1, -0.05) is 42.5 Å². The van der Waals surface area contributed by atoms with Gasteiger partial charge in [-0.3, -0.25) is 10.1 Å². The van der Waals surface area contributed by atoms with Crippen LogP contribution in [-0.4, -0.2) is 19.1 Å². The fourth-order valence-electron chi connectivity index (χ4n) is 4.28. The van der Waals surface area contributed by atoms with Crippen molar-refractivity contribution >= 4 is 11.6 Å². The third-order valence-electron chi connectivity index (χ3n) is 6.01. The monoisotopic (exact) mass is 454 g/mol. The fraction of sp³-hybridized carbons (Fsp3) is 0.269. The second kappa shape index (κ2) is 9.27. The normalized spacial score (nSPS) is 19.5. The molecule has 0 spiro atoms. The molecule has 0 aliphatic carbocycles. The molecule has 0 bridgehead atoms. The van der Waals surface area contributed by atoms with E-state index in [1.165, 1.54) is 12.1 Å². The number of amides is 1. The molecule has 1 saturated heterocycles. The van der Waals surface area contributed by atoms with Gasteiger partial charge in [0.05, 0.1) is 24.8 Å². The van der Waals surface area contributed by atoms with Crippen LogP contribution < -0.4 is 15.0 Å². The summed E-state index contributed by atoms with van der Waals surface area (Å²) < 4.78 is 44.5. The van der Waals surface area contributed by atoms with Crippen molar-refractivity contribution in [3.8, 4) is 5.75 Å². The molecule has 33 heavy (non-hydrogen) atoms. The number of rotatable bonds is 6. The predicted molar refractivity (Wildman–Crippen MR) is 121 cm³/mol. The first kappa shape index (κ1) is 22.9. The lowest BCUT2D eigenvalue weighted by molar-refractivity contribution is -0.137. The van der Waals surface area contributed by atoms with Crippen LogP contribution in [-0.2, 0) is 11.0 Å². The highest BCUT2D eigenvalue weighted by atomic mass is 19.4. The van der Waals surface area contributed by atoms with E-state index >= 15 is 0 Å². The van der Waals surface area contributed by atoms with Crippen LogP contribution in [0.5, 0.6) is 5.75 Å². The van der Waals surface area contributed by atoms with Gasteiger partial charge in [0, 0.05) is 11.7 Å². The number of nitrogens with one attached hydrogen (secondary N) is 1. The maximum atomic E-state index is 13.5. The maximum absolute atomic E-state index is 13.5. The fourth-order valence-corrected chi connectivity index (χ4v) is 4.28. The van der Waals surface area contributed by atoms with Crippen molar-refractivity contribution in [2.45, 2.75) is 37.6 Å². The molecule has 3 aromatic rings. The summed E-state index contributed by atoms with van der Waals surface area (Å²) in [6, 6.07) is 21.1. The number of benzene rings is 3. The molecule has 1 N–H and O–H groups in total. The van der Waals surface area contributed by atoms with Crippen LogP contribution in [0.4, 0.5) is 18.9 Å². The predicted octanol–water partition coefficient (Wildman–Crippen LogP) is 5.91. The number of anilines is 1. The number of halogens is 3. The van der Waals surface area contributed by atoms with Crippen molar-refractivity contribution in [3.63, 3.8) is 0 Å². The Morgan fingerprint density at radius 3 is 2.33 bits per heavy atom. The Morgan fingerprint density at radius 2 is 1.70 bits per heavy atom. The van der Waals surface area contributed by atoms with E-state index in [-0.39, 0.29) is 18.0 Å². The topological polar surface area (TPSA) is 41.6 Å². The van der Waals surface area contributed by atoms with E-state index in [0.29, 0.717) is 17.9 Å². The molecule has 172 valence electrons. The van der Waals surface area contributed by atoms with Crippen molar-refractivity contribution in [2.24, 2.45) is 0 Å². The quantitative estimate of drug-likeness (QED) is 0.503. The molecule has 7 heteroatoms. The Hall–Kier alpha value is -3.32. The smallest absolute Gasteiger partial charge is 0.416 e. The Kier molecular flexibility index (Phi) is 6.42. The molecule has 0 unspecified atom stereocenters. The molecular formula is C26H25F3N2O2. The minimum atomic E-state index is -4.44. The molecule has 3 aromatic carbocycles. The van der Waals surface area contributed by atoms with Gasteiger partial charge < -0.3 is 9.64 Å². The minimum absolute atomic E-state index is 0.0707. The Labute approximate surface area is 191 Å². The molecule has 0 radical (unpaired) electrons. The summed E-state index contributed by atoms with van der Waals surface area (Å²) in [7, 11) is 1.57. The summed E-state index contributed by atoms with van der Waals surface area (Å²) in [5.41, 5.74) is 1.59. The zero-order chi connectivity index (χ0) is 23.6. The number of carbonyl (C=O) groups excluding carboxylic acids is 1. The van der Waals surface area contributed by atoms with Gasteiger partial charge in [0.1, 0.15) is 5.75 Å². The molecule has 4 rings (SSSR count). The third kappa shape index (κ3) is 4.88. The average molecular weight is 454 g/mol. The van der Waals surface area contributed by atoms with E-state index in [9.17, 15) is 18.0 Å². The lowest BCUT2D eigenvalue weighted by atomic mass is 10.0. The highest BCUT2D eigenvalue weighted by molar-refractivity contribution is 6.00. The minimum Gasteiger partial charge on any atom is -0.497 e. The number of nitrogens with zero attached hydrogens (tertiary/aromatic N) is 1. The maximum Gasteiger partial charge on any atom is 0.416 e. The zero-order valence-electron chi connectivity index (χ0n) is 18.3. The first-order valence-corrected chi connectivity index (χ1v) is 10.7. The molecule has 0 aromatic heterocycles. The number of ether oxygens (including phenoxy) is 1. The second-order valence-corrected chi connectivity index (χ2v) is 8.13. The number of alkyl halides is 3. The summed E-state index contributed by atoms with van der Waals surface area (Å²) in [6.45, 7) is 1.99. The van der Waals surface area contributed by atoms with Gasteiger partial charge in [-0.2, -0.15) is 13.2 Å². The van der Waals surface area contributed by atoms with Crippen LogP contribution in [0, 0.1) is 0 Å². The van der Waals surface area contributed by atoms with E-state index in [4.69, 9.17) is 4.74 Å². The Morgan fingerprint density at radius 1 is 1.00 bits per heavy atom. The number of hydrogen-bond donors (Lipinski definition) is 1. The van der Waals surface area contributed by atoms with Crippen LogP contribution in [0.1, 0.15) is 42.1 Å². The standard InChI is InChI=1S/C26H25F3N2O2/c1-17(18-7-4-3-5-8-18)30-23-16-24(19-9-6-10-22(15-19)33-2)31(25(23)32)21-13-11-20(12-14-21)26(27,28)29/h3-15,17,23-24,30H,16H2,1-2H3/t17-,23-,24-/m1/s1. The Bertz CT molecular complexity index is 1100. The molecule has 4 nitrogen and oxygen atoms in total. The van der Waals surface area contributed by atoms with Gasteiger partial charge in [0.15, 0.2) is 0 Å². The highest BCUT2D eigenvalue weighted by Crippen LogP contribution is 2.40. The molecule has 1 aliphatic heterocycles. The average Bonchev–Trinajstić information content (AvgIpc) is 3.15. The van der Waals surface area contributed by atoms with Crippen LogP contribution in [0.15, 0.2) is 78.9 Å². The van der Waals surface area contributed by atoms with Crippen LogP contribution in [0.3, 0.4) is 0 Å².